The van der Waals surface area contributed by atoms with Gasteiger partial charge in [0, 0.05) is 19.4 Å². The van der Waals surface area contributed by atoms with Crippen LogP contribution < -0.4 is 0 Å². The average molecular weight is 262 g/mol. The van der Waals surface area contributed by atoms with Gasteiger partial charge in [0.15, 0.2) is 5.78 Å². The maximum atomic E-state index is 12.7. The minimum absolute atomic E-state index is 0.0172. The number of carbonyl (C=O) groups is 2. The molecule has 102 valence electrons. The van der Waals surface area contributed by atoms with Crippen molar-refractivity contribution < 1.29 is 19.1 Å². The first kappa shape index (κ1) is 12.6. The van der Waals surface area contributed by atoms with Gasteiger partial charge in [-0.3, -0.25) is 9.59 Å². The molecule has 2 fully saturated rings. The lowest BCUT2D eigenvalue weighted by Gasteiger charge is -2.49. The molecule has 1 heterocycles. The van der Waals surface area contributed by atoms with Crippen LogP contribution in [-0.4, -0.2) is 30.1 Å². The number of carbonyl (C=O) groups excluding carboxylic acids is 2. The summed E-state index contributed by atoms with van der Waals surface area (Å²) in [5, 5.41) is 0. The SMILES string of the molecule is CO[C@]12C=C[C@@H]3C[C@H]1C(=O)O[C@]2(CC=C(C)C)C3=O. The van der Waals surface area contributed by atoms with Gasteiger partial charge >= 0.3 is 5.97 Å². The summed E-state index contributed by atoms with van der Waals surface area (Å²) >= 11 is 0. The summed E-state index contributed by atoms with van der Waals surface area (Å²) in [5.74, 6) is -0.879. The molecule has 0 radical (unpaired) electrons. The first-order valence-corrected chi connectivity index (χ1v) is 6.62. The van der Waals surface area contributed by atoms with E-state index in [9.17, 15) is 9.59 Å². The molecule has 0 aromatic heterocycles. The molecule has 1 saturated heterocycles. The fourth-order valence-corrected chi connectivity index (χ4v) is 3.65. The molecule has 4 aliphatic rings. The van der Waals surface area contributed by atoms with Gasteiger partial charge in [-0.2, -0.15) is 0 Å². The number of ketones is 1. The van der Waals surface area contributed by atoms with Gasteiger partial charge in [-0.05, 0) is 20.3 Å². The van der Waals surface area contributed by atoms with Gasteiger partial charge in [-0.25, -0.2) is 0 Å². The van der Waals surface area contributed by atoms with Crippen molar-refractivity contribution in [2.24, 2.45) is 11.8 Å². The Bertz CT molecular complexity index is 514. The molecule has 0 aromatic rings. The molecular weight excluding hydrogens is 244 g/mol. The predicted octanol–water partition coefficient (Wildman–Crippen LogP) is 1.80. The highest BCUT2D eigenvalue weighted by Gasteiger charge is 2.74. The third kappa shape index (κ3) is 1.32. The van der Waals surface area contributed by atoms with E-state index in [0.717, 1.165) is 5.57 Å². The molecule has 0 N–H and O–H groups in total. The second-order valence-corrected chi connectivity index (χ2v) is 5.85. The highest BCUT2D eigenvalue weighted by Crippen LogP contribution is 2.57. The van der Waals surface area contributed by atoms with Crippen molar-refractivity contribution in [3.63, 3.8) is 0 Å². The van der Waals surface area contributed by atoms with Crippen LogP contribution in [0.25, 0.3) is 0 Å². The first-order chi connectivity index (χ1) is 8.97. The van der Waals surface area contributed by atoms with Gasteiger partial charge in [0.2, 0.25) is 5.60 Å². The van der Waals surface area contributed by atoms with Gasteiger partial charge in [0.1, 0.15) is 5.60 Å². The smallest absolute Gasteiger partial charge is 0.313 e. The third-order valence-electron chi connectivity index (χ3n) is 4.64. The Hall–Kier alpha value is -1.42. The van der Waals surface area contributed by atoms with E-state index in [4.69, 9.17) is 9.47 Å². The predicted molar refractivity (Wildman–Crippen MR) is 68.4 cm³/mol. The first-order valence-electron chi connectivity index (χ1n) is 6.62. The summed E-state index contributed by atoms with van der Waals surface area (Å²) in [6, 6.07) is 0. The fraction of sp³-hybridized carbons (Fsp3) is 0.600. The maximum absolute atomic E-state index is 12.7. The van der Waals surface area contributed by atoms with Gasteiger partial charge < -0.3 is 9.47 Å². The van der Waals surface area contributed by atoms with E-state index in [2.05, 4.69) is 0 Å². The Kier molecular flexibility index (Phi) is 2.52. The lowest BCUT2D eigenvalue weighted by atomic mass is 9.58. The average Bonchev–Trinajstić information content (AvgIpc) is 2.60. The van der Waals surface area contributed by atoms with Crippen molar-refractivity contribution in [1.29, 1.82) is 0 Å². The third-order valence-corrected chi connectivity index (χ3v) is 4.64. The Morgan fingerprint density at radius 2 is 2.26 bits per heavy atom. The molecule has 4 heteroatoms. The summed E-state index contributed by atoms with van der Waals surface area (Å²) in [7, 11) is 1.55. The molecule has 4 atom stereocenters. The summed E-state index contributed by atoms with van der Waals surface area (Å²) in [6.45, 7) is 3.93. The van der Waals surface area contributed by atoms with E-state index in [1.807, 2.05) is 32.1 Å². The summed E-state index contributed by atoms with van der Waals surface area (Å²) < 4.78 is 11.2. The van der Waals surface area contributed by atoms with E-state index in [1.165, 1.54) is 0 Å². The van der Waals surface area contributed by atoms with Crippen LogP contribution in [0.3, 0.4) is 0 Å². The quantitative estimate of drug-likeness (QED) is 0.575. The van der Waals surface area contributed by atoms with E-state index < -0.39 is 11.2 Å². The monoisotopic (exact) mass is 262 g/mol. The maximum Gasteiger partial charge on any atom is 0.313 e. The van der Waals surface area contributed by atoms with Crippen molar-refractivity contribution in [1.82, 2.24) is 0 Å². The van der Waals surface area contributed by atoms with Crippen molar-refractivity contribution in [3.8, 4) is 0 Å². The van der Waals surface area contributed by atoms with Crippen LogP contribution in [0.15, 0.2) is 23.8 Å². The largest absolute Gasteiger partial charge is 0.447 e. The number of hydrogen-bond acceptors (Lipinski definition) is 4. The van der Waals surface area contributed by atoms with Crippen LogP contribution in [0.5, 0.6) is 0 Å². The van der Waals surface area contributed by atoms with Gasteiger partial charge in [-0.1, -0.05) is 23.8 Å². The van der Waals surface area contributed by atoms with Gasteiger partial charge in [0.05, 0.1) is 5.92 Å². The molecule has 1 aliphatic heterocycles. The number of rotatable bonds is 3. The Labute approximate surface area is 112 Å². The lowest BCUT2D eigenvalue weighted by molar-refractivity contribution is -0.177. The Morgan fingerprint density at radius 1 is 1.53 bits per heavy atom. The van der Waals surface area contributed by atoms with Crippen molar-refractivity contribution in [3.05, 3.63) is 23.8 Å². The van der Waals surface area contributed by atoms with Gasteiger partial charge in [0.25, 0.3) is 0 Å². The molecule has 3 aliphatic carbocycles. The molecule has 0 aromatic carbocycles. The van der Waals surface area contributed by atoms with E-state index in [-0.39, 0.29) is 23.6 Å². The van der Waals surface area contributed by atoms with E-state index >= 15 is 0 Å². The van der Waals surface area contributed by atoms with E-state index in [1.54, 1.807) is 7.11 Å². The summed E-state index contributed by atoms with van der Waals surface area (Å²) in [5.41, 5.74) is -0.973. The molecular formula is C15H18O4. The number of Topliss-reactive ketones (excluding diaryl/α,β-unsaturated/α-hetero) is 1. The number of allylic oxidation sites excluding steroid dienone is 2. The standard InChI is InChI=1S/C15H18O4/c1-9(2)4-6-15-12(16)10-5-7-14(15,18-3)11(8-10)13(17)19-15/h4-5,7,10-11H,6,8H2,1-3H3/t10-,11+,14-,15-/m1/s1. The summed E-state index contributed by atoms with van der Waals surface area (Å²) in [4.78, 5) is 24.7. The van der Waals surface area contributed by atoms with Crippen LogP contribution in [0.4, 0.5) is 0 Å². The molecule has 4 bridgehead atoms. The number of hydrogen-bond donors (Lipinski definition) is 0. The van der Waals surface area contributed by atoms with Crippen LogP contribution in [-0.2, 0) is 19.1 Å². The zero-order chi connectivity index (χ0) is 13.8. The molecule has 0 amide bonds. The minimum atomic E-state index is -1.15. The number of ether oxygens (including phenoxy) is 2. The van der Waals surface area contributed by atoms with Crippen molar-refractivity contribution in [2.75, 3.05) is 7.11 Å². The Morgan fingerprint density at radius 3 is 2.89 bits per heavy atom. The second kappa shape index (κ2) is 3.79. The lowest BCUT2D eigenvalue weighted by Crippen LogP contribution is -2.66. The van der Waals surface area contributed by atoms with Crippen LogP contribution in [0.1, 0.15) is 26.7 Å². The normalized spacial score (nSPS) is 42.5. The highest BCUT2D eigenvalue weighted by molar-refractivity contribution is 6.02. The number of methoxy groups -OCH3 is 1. The molecule has 1 saturated carbocycles. The van der Waals surface area contributed by atoms with Crippen molar-refractivity contribution >= 4 is 11.8 Å². The fourth-order valence-electron chi connectivity index (χ4n) is 3.65. The molecule has 0 spiro atoms. The number of esters is 1. The molecule has 4 rings (SSSR count). The van der Waals surface area contributed by atoms with E-state index in [0.29, 0.717) is 12.8 Å². The van der Waals surface area contributed by atoms with Crippen LogP contribution in [0.2, 0.25) is 0 Å². The molecule has 19 heavy (non-hydrogen) atoms. The van der Waals surface area contributed by atoms with Crippen LogP contribution in [0, 0.1) is 11.8 Å². The Balaban J connectivity index is 2.15. The van der Waals surface area contributed by atoms with Gasteiger partial charge in [-0.15, -0.1) is 0 Å². The molecule has 4 nitrogen and oxygen atoms in total. The second-order valence-electron chi connectivity index (χ2n) is 5.85. The van der Waals surface area contributed by atoms with Crippen molar-refractivity contribution in [2.45, 2.75) is 37.9 Å². The molecule has 0 unspecified atom stereocenters. The minimum Gasteiger partial charge on any atom is -0.447 e. The summed E-state index contributed by atoms with van der Waals surface area (Å²) in [6.07, 6.45) is 6.59. The van der Waals surface area contributed by atoms with Crippen LogP contribution >= 0.6 is 0 Å². The highest BCUT2D eigenvalue weighted by atomic mass is 16.6. The zero-order valence-corrected chi connectivity index (χ0v) is 11.4. The topological polar surface area (TPSA) is 52.6 Å². The zero-order valence-electron chi connectivity index (χ0n) is 11.4.